The van der Waals surface area contributed by atoms with Crippen molar-refractivity contribution < 1.29 is 23.8 Å². The molecule has 8 heteroatoms. The van der Waals surface area contributed by atoms with Crippen molar-refractivity contribution in [2.24, 2.45) is 5.41 Å². The Balaban J connectivity index is 1.33. The summed E-state index contributed by atoms with van der Waals surface area (Å²) in [6.07, 6.45) is 3.01. The van der Waals surface area contributed by atoms with E-state index >= 15 is 0 Å². The van der Waals surface area contributed by atoms with E-state index in [0.29, 0.717) is 11.5 Å². The van der Waals surface area contributed by atoms with Gasteiger partial charge in [-0.2, -0.15) is 0 Å². The fraction of sp³-hybridized carbons (Fsp3) is 0.625. The number of methoxy groups -OCH3 is 1. The molecule has 2 aromatic rings. The van der Waals surface area contributed by atoms with Crippen LogP contribution in [0.3, 0.4) is 0 Å². The maximum atomic E-state index is 12.3. The zero-order valence-electron chi connectivity index (χ0n) is 19.2. The van der Waals surface area contributed by atoms with Gasteiger partial charge in [0.2, 0.25) is 0 Å². The van der Waals surface area contributed by atoms with Crippen molar-refractivity contribution >= 4 is 23.1 Å². The molecule has 0 bridgehead atoms. The first-order valence-electron chi connectivity index (χ1n) is 11.3. The summed E-state index contributed by atoms with van der Waals surface area (Å²) in [6, 6.07) is 5.53. The van der Waals surface area contributed by atoms with Crippen LogP contribution in [0.25, 0.3) is 11.0 Å². The van der Waals surface area contributed by atoms with E-state index in [-0.39, 0.29) is 23.6 Å². The Hall–Kier alpha value is -2.61. The maximum Gasteiger partial charge on any atom is 0.410 e. The van der Waals surface area contributed by atoms with Crippen molar-refractivity contribution in [3.05, 3.63) is 29.6 Å². The first-order valence-corrected chi connectivity index (χ1v) is 11.3. The Bertz CT molecular complexity index is 1050. The van der Waals surface area contributed by atoms with Crippen molar-refractivity contribution in [3.8, 4) is 0 Å². The molecule has 1 aromatic heterocycles. The summed E-state index contributed by atoms with van der Waals surface area (Å²) in [7, 11) is 1.39. The van der Waals surface area contributed by atoms with Crippen LogP contribution in [-0.4, -0.2) is 65.0 Å². The minimum atomic E-state index is -0.473. The van der Waals surface area contributed by atoms with E-state index in [1.165, 1.54) is 7.11 Å². The zero-order valence-corrected chi connectivity index (χ0v) is 19.2. The molecular weight excluding hydrogens is 410 g/mol. The van der Waals surface area contributed by atoms with Crippen molar-refractivity contribution in [2.45, 2.75) is 64.2 Å². The van der Waals surface area contributed by atoms with Crippen LogP contribution in [0.4, 0.5) is 4.79 Å². The summed E-state index contributed by atoms with van der Waals surface area (Å²) in [6.45, 7) is 8.70. The topological polar surface area (TPSA) is 82.9 Å². The molecular formula is C24H31N3O5. The van der Waals surface area contributed by atoms with Gasteiger partial charge in [0.15, 0.2) is 0 Å². The largest absolute Gasteiger partial charge is 0.465 e. The molecule has 8 nitrogen and oxygen atoms in total. The van der Waals surface area contributed by atoms with Crippen molar-refractivity contribution in [2.75, 3.05) is 26.8 Å². The van der Waals surface area contributed by atoms with E-state index < -0.39 is 5.60 Å². The second-order valence-electron chi connectivity index (χ2n) is 10.5. The second-order valence-corrected chi connectivity index (χ2v) is 10.5. The number of fused-ring (bicyclic) bond motifs is 1. The number of benzene rings is 1. The Kier molecular flexibility index (Phi) is 4.96. The third kappa shape index (κ3) is 3.74. The molecule has 1 saturated carbocycles. The second kappa shape index (κ2) is 7.47. The molecule has 32 heavy (non-hydrogen) atoms. The highest BCUT2D eigenvalue weighted by molar-refractivity contribution is 5.93. The first-order chi connectivity index (χ1) is 15.2. The molecule has 1 aromatic carbocycles. The highest BCUT2D eigenvalue weighted by Crippen LogP contribution is 2.56. The summed E-state index contributed by atoms with van der Waals surface area (Å²) in [5.41, 5.74) is 2.06. The van der Waals surface area contributed by atoms with Gasteiger partial charge >= 0.3 is 12.1 Å². The molecule has 0 radical (unpaired) electrons. The molecule has 1 spiro atoms. The fourth-order valence-electron chi connectivity index (χ4n) is 5.17. The lowest BCUT2D eigenvalue weighted by Crippen LogP contribution is -2.63. The number of hydrogen-bond donors (Lipinski definition) is 0. The summed E-state index contributed by atoms with van der Waals surface area (Å²) in [5.74, 6) is 1.05. The number of amides is 1. The molecule has 1 aliphatic carbocycles. The molecule has 1 amide bonds. The Morgan fingerprint density at radius 3 is 2.56 bits per heavy atom. The number of hydrogen-bond acceptors (Lipinski definition) is 6. The summed E-state index contributed by atoms with van der Waals surface area (Å²) in [5, 5.41) is 0. The van der Waals surface area contributed by atoms with E-state index in [1.54, 1.807) is 11.0 Å². The number of esters is 1. The highest BCUT2D eigenvalue weighted by Gasteiger charge is 2.55. The highest BCUT2D eigenvalue weighted by atomic mass is 16.6. The average Bonchev–Trinajstić information content (AvgIpc) is 2.97. The minimum Gasteiger partial charge on any atom is -0.465 e. The lowest BCUT2D eigenvalue weighted by atomic mass is 9.57. The Morgan fingerprint density at radius 1 is 1.25 bits per heavy atom. The quantitative estimate of drug-likeness (QED) is 0.673. The van der Waals surface area contributed by atoms with Gasteiger partial charge in [-0.1, -0.05) is 0 Å². The van der Waals surface area contributed by atoms with Gasteiger partial charge in [0, 0.05) is 31.0 Å². The normalized spacial score (nSPS) is 22.2. The van der Waals surface area contributed by atoms with E-state index in [1.807, 2.05) is 32.9 Å². The lowest BCUT2D eigenvalue weighted by molar-refractivity contribution is -0.0818. The van der Waals surface area contributed by atoms with Gasteiger partial charge in [0.25, 0.3) is 0 Å². The number of rotatable bonds is 4. The molecule has 3 aliphatic rings. The number of likely N-dealkylation sites (tertiary alicyclic amines) is 1. The van der Waals surface area contributed by atoms with Crippen LogP contribution in [0.15, 0.2) is 18.2 Å². The van der Waals surface area contributed by atoms with Crippen molar-refractivity contribution in [3.63, 3.8) is 0 Å². The zero-order chi connectivity index (χ0) is 22.7. The van der Waals surface area contributed by atoms with Gasteiger partial charge in [0.1, 0.15) is 11.4 Å². The van der Waals surface area contributed by atoms with Crippen LogP contribution in [0.1, 0.15) is 62.1 Å². The molecule has 0 N–H and O–H groups in total. The number of aromatic nitrogens is 2. The molecule has 3 heterocycles. The van der Waals surface area contributed by atoms with Crippen LogP contribution in [0.5, 0.6) is 0 Å². The summed E-state index contributed by atoms with van der Waals surface area (Å²) < 4.78 is 18.3. The predicted octanol–water partition coefficient (Wildman–Crippen LogP) is 3.73. The van der Waals surface area contributed by atoms with Gasteiger partial charge in [0.05, 0.1) is 36.4 Å². The molecule has 3 fully saturated rings. The van der Waals surface area contributed by atoms with E-state index in [2.05, 4.69) is 4.57 Å². The van der Waals surface area contributed by atoms with Gasteiger partial charge in [-0.15, -0.1) is 0 Å². The van der Waals surface area contributed by atoms with Gasteiger partial charge < -0.3 is 23.7 Å². The fourth-order valence-corrected chi connectivity index (χ4v) is 5.17. The monoisotopic (exact) mass is 441 g/mol. The van der Waals surface area contributed by atoms with Crippen LogP contribution < -0.4 is 0 Å². The molecule has 2 aliphatic heterocycles. The van der Waals surface area contributed by atoms with Gasteiger partial charge in [-0.05, 0) is 58.2 Å². The lowest BCUT2D eigenvalue weighted by Gasteiger charge is -2.58. The number of imidazole rings is 1. The number of carbonyl (C=O) groups is 2. The van der Waals surface area contributed by atoms with Gasteiger partial charge in [-0.3, -0.25) is 0 Å². The third-order valence-electron chi connectivity index (χ3n) is 6.81. The molecule has 5 rings (SSSR count). The minimum absolute atomic E-state index is 0.175. The predicted molar refractivity (Wildman–Crippen MR) is 118 cm³/mol. The first kappa shape index (κ1) is 21.2. The number of nitrogens with zero attached hydrogens (tertiary/aromatic N) is 3. The third-order valence-corrected chi connectivity index (χ3v) is 6.81. The summed E-state index contributed by atoms with van der Waals surface area (Å²) in [4.78, 5) is 31.1. The van der Waals surface area contributed by atoms with E-state index in [0.717, 1.165) is 62.4 Å². The molecule has 1 atom stereocenters. The van der Waals surface area contributed by atoms with Crippen LogP contribution in [0.2, 0.25) is 0 Å². The standard InChI is InChI=1S/C24H31N3O5/c1-23(2,3)32-22(29)26-13-24(14-26)10-16(11-24)20-25-18-6-5-15(21(28)30-4)9-19(18)27(20)12-17-7-8-31-17/h5-6,9,16-17H,7-8,10-14H2,1-4H3/t17-/m0/s1. The van der Waals surface area contributed by atoms with Crippen molar-refractivity contribution in [1.82, 2.24) is 14.5 Å². The average molecular weight is 442 g/mol. The number of ether oxygens (including phenoxy) is 3. The van der Waals surface area contributed by atoms with Crippen LogP contribution in [-0.2, 0) is 20.8 Å². The van der Waals surface area contributed by atoms with Crippen LogP contribution >= 0.6 is 0 Å². The molecule has 172 valence electrons. The number of carbonyl (C=O) groups excluding carboxylic acids is 2. The SMILES string of the molecule is COC(=O)c1ccc2nc(C3CC4(C3)CN(C(=O)OC(C)(C)C)C4)n(C[C@@H]3CCO3)c2c1. The summed E-state index contributed by atoms with van der Waals surface area (Å²) >= 11 is 0. The van der Waals surface area contributed by atoms with Gasteiger partial charge in [-0.25, -0.2) is 14.6 Å². The van der Waals surface area contributed by atoms with Crippen molar-refractivity contribution in [1.29, 1.82) is 0 Å². The van der Waals surface area contributed by atoms with E-state index in [4.69, 9.17) is 19.2 Å². The Labute approximate surface area is 187 Å². The van der Waals surface area contributed by atoms with Crippen LogP contribution in [0, 0.1) is 5.41 Å². The smallest absolute Gasteiger partial charge is 0.410 e. The molecule has 0 unspecified atom stereocenters. The maximum absolute atomic E-state index is 12.3. The molecule has 2 saturated heterocycles. The Morgan fingerprint density at radius 2 is 1.97 bits per heavy atom. The van der Waals surface area contributed by atoms with E-state index in [9.17, 15) is 9.59 Å².